The number of sulfone groups is 1. The molecule has 10 heteroatoms. The van der Waals surface area contributed by atoms with Crippen LogP contribution in [0.5, 0.6) is 0 Å². The minimum atomic E-state index is -3.73. The Hall–Kier alpha value is -1.06. The second-order valence-corrected chi connectivity index (χ2v) is 9.16. The van der Waals surface area contributed by atoms with Crippen molar-refractivity contribution in [3.63, 3.8) is 0 Å². The highest BCUT2D eigenvalue weighted by Gasteiger charge is 2.59. The summed E-state index contributed by atoms with van der Waals surface area (Å²) in [5, 5.41) is -2.81. The van der Waals surface area contributed by atoms with Crippen LogP contribution in [0, 0.1) is 0 Å². The number of esters is 1. The average Bonchev–Trinajstić information content (AvgIpc) is 2.50. The second-order valence-electron chi connectivity index (χ2n) is 5.53. The standard InChI is InChI=1S/C14H18ClNO6S2/c1-3-4-5-23-14(19)11-9(6-22-8(2)17)7-24(20,21)13-10(15)12(18)16(11)13/h10,13H,3-7H2,1-2H3/t10-,13+/m0/s1. The summed E-state index contributed by atoms with van der Waals surface area (Å²) >= 11 is 6.85. The molecule has 0 spiro atoms. The SMILES string of the molecule is CCCCSC(=O)C1=C(COC(C)=O)CS(=O)(=O)[C@@H]2[C@@H](Cl)C(=O)N12. The van der Waals surface area contributed by atoms with Gasteiger partial charge in [-0.1, -0.05) is 25.1 Å². The van der Waals surface area contributed by atoms with E-state index in [0.29, 0.717) is 5.75 Å². The zero-order valence-electron chi connectivity index (χ0n) is 13.3. The van der Waals surface area contributed by atoms with Crippen LogP contribution in [0.1, 0.15) is 26.7 Å². The van der Waals surface area contributed by atoms with Crippen LogP contribution >= 0.6 is 23.4 Å². The summed E-state index contributed by atoms with van der Waals surface area (Å²) in [7, 11) is -3.73. The molecule has 0 aliphatic carbocycles. The first-order valence-electron chi connectivity index (χ1n) is 7.42. The topological polar surface area (TPSA) is 97.8 Å². The summed E-state index contributed by atoms with van der Waals surface area (Å²) in [6, 6.07) is 0. The van der Waals surface area contributed by atoms with Crippen LogP contribution in [0.3, 0.4) is 0 Å². The van der Waals surface area contributed by atoms with Crippen LogP contribution in [-0.2, 0) is 29.0 Å². The fourth-order valence-corrected chi connectivity index (χ4v) is 6.07. The zero-order valence-corrected chi connectivity index (χ0v) is 15.7. The maximum absolute atomic E-state index is 12.5. The van der Waals surface area contributed by atoms with E-state index in [-0.39, 0.29) is 17.9 Å². The Bertz CT molecular complexity index is 702. The quantitative estimate of drug-likeness (QED) is 0.287. The molecule has 2 rings (SSSR count). The third-order valence-electron chi connectivity index (χ3n) is 3.67. The largest absolute Gasteiger partial charge is 0.461 e. The molecule has 1 fully saturated rings. The number of alkyl halides is 1. The van der Waals surface area contributed by atoms with Crippen LogP contribution in [0.25, 0.3) is 0 Å². The normalized spacial score (nSPS) is 25.1. The minimum Gasteiger partial charge on any atom is -0.461 e. The van der Waals surface area contributed by atoms with Gasteiger partial charge < -0.3 is 4.74 Å². The molecular formula is C14H18ClNO6S2. The number of nitrogens with zero attached hydrogens (tertiary/aromatic N) is 1. The van der Waals surface area contributed by atoms with Crippen LogP contribution in [0.15, 0.2) is 11.3 Å². The number of β-lactam (4-membered cyclic amide) rings is 1. The molecule has 0 saturated carbocycles. The molecule has 0 bridgehead atoms. The Labute approximate surface area is 149 Å². The highest BCUT2D eigenvalue weighted by Crippen LogP contribution is 2.40. The number of carbonyl (C=O) groups is 3. The Morgan fingerprint density at radius 2 is 2.08 bits per heavy atom. The van der Waals surface area contributed by atoms with Crippen molar-refractivity contribution in [2.75, 3.05) is 18.1 Å². The van der Waals surface area contributed by atoms with Gasteiger partial charge in [0.1, 0.15) is 17.7 Å². The Balaban J connectivity index is 2.37. The smallest absolute Gasteiger partial charge is 0.302 e. The molecule has 2 aliphatic heterocycles. The third kappa shape index (κ3) is 3.62. The molecule has 1 amide bonds. The molecule has 0 unspecified atom stereocenters. The van der Waals surface area contributed by atoms with Gasteiger partial charge in [0, 0.05) is 18.2 Å². The van der Waals surface area contributed by atoms with Crippen LogP contribution in [-0.4, -0.2) is 59.2 Å². The van der Waals surface area contributed by atoms with Gasteiger partial charge in [0.2, 0.25) is 11.0 Å². The lowest BCUT2D eigenvalue weighted by Gasteiger charge is -2.47. The summed E-state index contributed by atoms with van der Waals surface area (Å²) in [4.78, 5) is 36.5. The molecule has 0 radical (unpaired) electrons. The number of ether oxygens (including phenoxy) is 1. The maximum atomic E-state index is 12.5. The van der Waals surface area contributed by atoms with E-state index in [4.69, 9.17) is 16.3 Å². The summed E-state index contributed by atoms with van der Waals surface area (Å²) in [6.45, 7) is 2.83. The Morgan fingerprint density at radius 3 is 2.67 bits per heavy atom. The molecule has 0 aromatic carbocycles. The van der Waals surface area contributed by atoms with Crippen molar-refractivity contribution < 1.29 is 27.5 Å². The van der Waals surface area contributed by atoms with Gasteiger partial charge in [0.15, 0.2) is 15.2 Å². The fourth-order valence-electron chi connectivity index (χ4n) is 2.50. The molecule has 0 N–H and O–H groups in total. The number of fused-ring (bicyclic) bond motifs is 1. The lowest BCUT2D eigenvalue weighted by atomic mass is 10.1. The number of halogens is 1. The number of hydrogen-bond donors (Lipinski definition) is 0. The fraction of sp³-hybridized carbons (Fsp3) is 0.643. The molecule has 2 atom stereocenters. The van der Waals surface area contributed by atoms with Gasteiger partial charge in [-0.15, -0.1) is 11.6 Å². The maximum Gasteiger partial charge on any atom is 0.302 e. The molecule has 1 saturated heterocycles. The van der Waals surface area contributed by atoms with E-state index in [9.17, 15) is 22.8 Å². The van der Waals surface area contributed by atoms with Crippen LogP contribution in [0.2, 0.25) is 0 Å². The van der Waals surface area contributed by atoms with Gasteiger partial charge in [-0.3, -0.25) is 19.3 Å². The van der Waals surface area contributed by atoms with Crippen LogP contribution in [0.4, 0.5) is 0 Å². The zero-order chi connectivity index (χ0) is 18.1. The predicted octanol–water partition coefficient (Wildman–Crippen LogP) is 1.07. The molecule has 2 heterocycles. The number of rotatable bonds is 6. The predicted molar refractivity (Wildman–Crippen MR) is 90.1 cm³/mol. The number of carbonyl (C=O) groups excluding carboxylic acids is 3. The Morgan fingerprint density at radius 1 is 1.42 bits per heavy atom. The highest BCUT2D eigenvalue weighted by atomic mass is 35.5. The van der Waals surface area contributed by atoms with Crippen molar-refractivity contribution in [1.82, 2.24) is 4.90 Å². The van der Waals surface area contributed by atoms with E-state index in [0.717, 1.165) is 29.5 Å². The van der Waals surface area contributed by atoms with Crippen molar-refractivity contribution in [2.24, 2.45) is 0 Å². The lowest BCUT2D eigenvalue weighted by molar-refractivity contribution is -0.140. The van der Waals surface area contributed by atoms with Gasteiger partial charge in [-0.25, -0.2) is 8.42 Å². The first-order chi connectivity index (χ1) is 11.2. The van der Waals surface area contributed by atoms with Crippen molar-refractivity contribution in [3.8, 4) is 0 Å². The van der Waals surface area contributed by atoms with Crippen molar-refractivity contribution in [3.05, 3.63) is 11.3 Å². The van der Waals surface area contributed by atoms with Crippen molar-refractivity contribution in [1.29, 1.82) is 0 Å². The first-order valence-corrected chi connectivity index (χ1v) is 10.6. The highest BCUT2D eigenvalue weighted by molar-refractivity contribution is 8.14. The van der Waals surface area contributed by atoms with Gasteiger partial charge >= 0.3 is 5.97 Å². The van der Waals surface area contributed by atoms with E-state index < -0.39 is 43.3 Å². The van der Waals surface area contributed by atoms with Crippen LogP contribution < -0.4 is 0 Å². The minimum absolute atomic E-state index is 0.000854. The molecule has 7 nitrogen and oxygen atoms in total. The van der Waals surface area contributed by atoms with E-state index in [1.165, 1.54) is 6.92 Å². The van der Waals surface area contributed by atoms with E-state index in [1.54, 1.807) is 0 Å². The number of thioether (sulfide) groups is 1. The number of unbranched alkanes of at least 4 members (excludes halogenated alkanes) is 1. The molecule has 24 heavy (non-hydrogen) atoms. The van der Waals surface area contributed by atoms with Gasteiger partial charge in [0.25, 0.3) is 0 Å². The summed E-state index contributed by atoms with van der Waals surface area (Å²) in [6.07, 6.45) is 1.72. The molecule has 0 aromatic rings. The van der Waals surface area contributed by atoms with E-state index >= 15 is 0 Å². The molecule has 0 aromatic heterocycles. The van der Waals surface area contributed by atoms with Gasteiger partial charge in [0.05, 0.1) is 5.75 Å². The number of hydrogen-bond acceptors (Lipinski definition) is 7. The number of amides is 1. The Kier molecular flexibility index (Phi) is 5.98. The monoisotopic (exact) mass is 395 g/mol. The summed E-state index contributed by atoms with van der Waals surface area (Å²) in [5.74, 6) is -1.11. The van der Waals surface area contributed by atoms with E-state index in [2.05, 4.69) is 0 Å². The molecule has 134 valence electrons. The molecular weight excluding hydrogens is 378 g/mol. The second kappa shape index (κ2) is 7.45. The van der Waals surface area contributed by atoms with Crippen molar-refractivity contribution in [2.45, 2.75) is 37.4 Å². The average molecular weight is 396 g/mol. The molecule has 2 aliphatic rings. The van der Waals surface area contributed by atoms with Gasteiger partial charge in [-0.2, -0.15) is 0 Å². The van der Waals surface area contributed by atoms with Gasteiger partial charge in [-0.05, 0) is 6.42 Å². The lowest BCUT2D eigenvalue weighted by Crippen LogP contribution is -2.68. The third-order valence-corrected chi connectivity index (χ3v) is 7.16. The summed E-state index contributed by atoms with van der Waals surface area (Å²) < 4.78 is 29.5. The first kappa shape index (κ1) is 19.3. The van der Waals surface area contributed by atoms with E-state index in [1.807, 2.05) is 6.92 Å². The summed E-state index contributed by atoms with van der Waals surface area (Å²) in [5.41, 5.74) is 0.117. The van der Waals surface area contributed by atoms with Crippen molar-refractivity contribution >= 4 is 50.2 Å².